The Morgan fingerprint density at radius 1 is 1.00 bits per heavy atom. The maximum absolute atomic E-state index is 12.8. The smallest absolute Gasteiger partial charge is 0.254 e. The molecule has 0 spiro atoms. The molecule has 0 radical (unpaired) electrons. The molecule has 0 aliphatic carbocycles. The van der Waals surface area contributed by atoms with Gasteiger partial charge in [-0.3, -0.25) is 0 Å². The van der Waals surface area contributed by atoms with Crippen molar-refractivity contribution in [1.82, 2.24) is 10.2 Å². The number of anilines is 1. The summed E-state index contributed by atoms with van der Waals surface area (Å²) in [7, 11) is 0. The molecule has 2 N–H and O–H groups in total. The first-order chi connectivity index (χ1) is 10.2. The standard InChI is InChI=1S/C15H12FN3O2/c16-11-3-7-13(8-4-11)20-9-14-18-19-15(21-14)10-1-5-12(17)6-2-10/h1-8H,9,17H2. The van der Waals surface area contributed by atoms with Gasteiger partial charge in [0, 0.05) is 11.3 Å². The fraction of sp³-hybridized carbons (Fsp3) is 0.0667. The molecule has 1 heterocycles. The summed E-state index contributed by atoms with van der Waals surface area (Å²) in [5.41, 5.74) is 7.07. The molecule has 0 saturated carbocycles. The summed E-state index contributed by atoms with van der Waals surface area (Å²) in [5, 5.41) is 7.85. The first-order valence-corrected chi connectivity index (χ1v) is 6.27. The maximum Gasteiger partial charge on any atom is 0.254 e. The van der Waals surface area contributed by atoms with E-state index >= 15 is 0 Å². The van der Waals surface area contributed by atoms with Crippen LogP contribution in [-0.2, 0) is 6.61 Å². The molecular formula is C15H12FN3O2. The van der Waals surface area contributed by atoms with E-state index in [-0.39, 0.29) is 12.4 Å². The predicted molar refractivity (Wildman–Crippen MR) is 74.9 cm³/mol. The van der Waals surface area contributed by atoms with Gasteiger partial charge in [-0.25, -0.2) is 4.39 Å². The number of aromatic nitrogens is 2. The third-order valence-corrected chi connectivity index (χ3v) is 2.80. The molecule has 0 aliphatic rings. The van der Waals surface area contributed by atoms with Crippen LogP contribution in [0.15, 0.2) is 52.9 Å². The molecule has 3 aromatic rings. The number of hydrogen-bond donors (Lipinski definition) is 1. The highest BCUT2D eigenvalue weighted by atomic mass is 19.1. The maximum atomic E-state index is 12.8. The van der Waals surface area contributed by atoms with Crippen molar-refractivity contribution >= 4 is 5.69 Å². The number of nitrogens with zero attached hydrogens (tertiary/aromatic N) is 2. The Morgan fingerprint density at radius 3 is 2.43 bits per heavy atom. The molecule has 6 heteroatoms. The van der Waals surface area contributed by atoms with Crippen molar-refractivity contribution in [3.8, 4) is 17.2 Å². The molecular weight excluding hydrogens is 273 g/mol. The Hall–Kier alpha value is -2.89. The van der Waals surface area contributed by atoms with Crippen molar-refractivity contribution in [3.05, 3.63) is 60.2 Å². The Labute approximate surface area is 120 Å². The molecule has 0 amide bonds. The largest absolute Gasteiger partial charge is 0.484 e. The molecule has 2 aromatic carbocycles. The summed E-state index contributed by atoms with van der Waals surface area (Å²) in [4.78, 5) is 0. The lowest BCUT2D eigenvalue weighted by Crippen LogP contribution is -1.95. The summed E-state index contributed by atoms with van der Waals surface area (Å²) in [6, 6.07) is 12.8. The van der Waals surface area contributed by atoms with Crippen LogP contribution in [0.1, 0.15) is 5.89 Å². The molecule has 0 saturated heterocycles. The lowest BCUT2D eigenvalue weighted by Gasteiger charge is -2.02. The van der Waals surface area contributed by atoms with Crippen molar-refractivity contribution < 1.29 is 13.5 Å². The van der Waals surface area contributed by atoms with Crippen molar-refractivity contribution in [3.63, 3.8) is 0 Å². The van der Waals surface area contributed by atoms with E-state index in [1.165, 1.54) is 24.3 Å². The lowest BCUT2D eigenvalue weighted by atomic mass is 10.2. The summed E-state index contributed by atoms with van der Waals surface area (Å²) in [5.74, 6) is 0.952. The summed E-state index contributed by atoms with van der Waals surface area (Å²) in [6.07, 6.45) is 0. The molecule has 21 heavy (non-hydrogen) atoms. The average Bonchev–Trinajstić information content (AvgIpc) is 2.96. The molecule has 0 fully saturated rings. The fourth-order valence-electron chi connectivity index (χ4n) is 1.73. The van der Waals surface area contributed by atoms with Crippen LogP contribution in [0.25, 0.3) is 11.5 Å². The van der Waals surface area contributed by atoms with Gasteiger partial charge in [0.2, 0.25) is 5.89 Å². The Balaban J connectivity index is 1.67. The summed E-state index contributed by atoms with van der Waals surface area (Å²) >= 11 is 0. The average molecular weight is 285 g/mol. The number of halogens is 1. The zero-order chi connectivity index (χ0) is 14.7. The van der Waals surface area contributed by atoms with Crippen LogP contribution in [0.4, 0.5) is 10.1 Å². The van der Waals surface area contributed by atoms with Gasteiger partial charge in [0.05, 0.1) is 0 Å². The van der Waals surface area contributed by atoms with Crippen molar-refractivity contribution in [2.75, 3.05) is 5.73 Å². The molecule has 5 nitrogen and oxygen atoms in total. The highest BCUT2D eigenvalue weighted by Crippen LogP contribution is 2.20. The van der Waals surface area contributed by atoms with Crippen LogP contribution >= 0.6 is 0 Å². The van der Waals surface area contributed by atoms with Crippen LogP contribution in [-0.4, -0.2) is 10.2 Å². The monoisotopic (exact) mass is 285 g/mol. The fourth-order valence-corrected chi connectivity index (χ4v) is 1.73. The second kappa shape index (κ2) is 5.62. The first kappa shape index (κ1) is 13.1. The SMILES string of the molecule is Nc1ccc(-c2nnc(COc3ccc(F)cc3)o2)cc1. The summed E-state index contributed by atoms with van der Waals surface area (Å²) in [6.45, 7) is 0.119. The van der Waals surface area contributed by atoms with Gasteiger partial charge in [-0.05, 0) is 48.5 Å². The number of benzene rings is 2. The Morgan fingerprint density at radius 2 is 1.71 bits per heavy atom. The Bertz CT molecular complexity index is 723. The molecule has 0 aliphatic heterocycles. The first-order valence-electron chi connectivity index (χ1n) is 6.27. The lowest BCUT2D eigenvalue weighted by molar-refractivity contribution is 0.264. The molecule has 0 bridgehead atoms. The van der Waals surface area contributed by atoms with E-state index in [0.29, 0.717) is 23.2 Å². The topological polar surface area (TPSA) is 74.2 Å². The van der Waals surface area contributed by atoms with Gasteiger partial charge in [0.1, 0.15) is 11.6 Å². The van der Waals surface area contributed by atoms with Crippen LogP contribution in [0.2, 0.25) is 0 Å². The van der Waals surface area contributed by atoms with Gasteiger partial charge in [-0.2, -0.15) is 0 Å². The van der Waals surface area contributed by atoms with E-state index in [1.807, 2.05) is 0 Å². The predicted octanol–water partition coefficient (Wildman–Crippen LogP) is 3.04. The number of hydrogen-bond acceptors (Lipinski definition) is 5. The molecule has 0 atom stereocenters. The number of rotatable bonds is 4. The minimum atomic E-state index is -0.314. The number of nitrogen functional groups attached to an aromatic ring is 1. The van der Waals surface area contributed by atoms with Crippen LogP contribution in [0.5, 0.6) is 5.75 Å². The minimum absolute atomic E-state index is 0.119. The molecule has 1 aromatic heterocycles. The van der Waals surface area contributed by atoms with Gasteiger partial charge in [-0.15, -0.1) is 10.2 Å². The second-order valence-corrected chi connectivity index (χ2v) is 4.37. The van der Waals surface area contributed by atoms with E-state index in [0.717, 1.165) is 5.56 Å². The Kier molecular flexibility index (Phi) is 3.51. The van der Waals surface area contributed by atoms with E-state index in [9.17, 15) is 4.39 Å². The second-order valence-electron chi connectivity index (χ2n) is 4.37. The molecule has 106 valence electrons. The van der Waals surface area contributed by atoms with Crippen molar-refractivity contribution in [2.24, 2.45) is 0 Å². The van der Waals surface area contributed by atoms with Crippen LogP contribution in [0, 0.1) is 5.82 Å². The molecule has 0 unspecified atom stereocenters. The van der Waals surface area contributed by atoms with Crippen LogP contribution in [0.3, 0.4) is 0 Å². The zero-order valence-electron chi connectivity index (χ0n) is 11.0. The minimum Gasteiger partial charge on any atom is -0.484 e. The van der Waals surface area contributed by atoms with Gasteiger partial charge in [0.15, 0.2) is 6.61 Å². The normalized spacial score (nSPS) is 10.5. The number of ether oxygens (including phenoxy) is 1. The third kappa shape index (κ3) is 3.17. The van der Waals surface area contributed by atoms with E-state index < -0.39 is 0 Å². The van der Waals surface area contributed by atoms with Crippen molar-refractivity contribution in [1.29, 1.82) is 0 Å². The van der Waals surface area contributed by atoms with E-state index in [2.05, 4.69) is 10.2 Å². The van der Waals surface area contributed by atoms with Gasteiger partial charge in [0.25, 0.3) is 5.89 Å². The van der Waals surface area contributed by atoms with E-state index in [4.69, 9.17) is 14.9 Å². The van der Waals surface area contributed by atoms with Gasteiger partial charge in [-0.1, -0.05) is 0 Å². The van der Waals surface area contributed by atoms with Crippen molar-refractivity contribution in [2.45, 2.75) is 6.61 Å². The summed E-state index contributed by atoms with van der Waals surface area (Å²) < 4.78 is 23.7. The zero-order valence-corrected chi connectivity index (χ0v) is 11.0. The highest BCUT2D eigenvalue weighted by Gasteiger charge is 2.09. The molecule has 3 rings (SSSR count). The highest BCUT2D eigenvalue weighted by molar-refractivity contribution is 5.56. The number of nitrogens with two attached hydrogens (primary N) is 1. The van der Waals surface area contributed by atoms with Gasteiger partial charge < -0.3 is 14.9 Å². The third-order valence-electron chi connectivity index (χ3n) is 2.80. The van der Waals surface area contributed by atoms with Crippen LogP contribution < -0.4 is 10.5 Å². The van der Waals surface area contributed by atoms with E-state index in [1.54, 1.807) is 24.3 Å². The quantitative estimate of drug-likeness (QED) is 0.746. The van der Waals surface area contributed by atoms with Gasteiger partial charge >= 0.3 is 0 Å².